The molecule has 6 heteroatoms. The molecule has 1 unspecified atom stereocenters. The summed E-state index contributed by atoms with van der Waals surface area (Å²) in [5, 5.41) is 3.76. The van der Waals surface area contributed by atoms with E-state index in [9.17, 15) is 0 Å². The van der Waals surface area contributed by atoms with E-state index < -0.39 is 0 Å². The first kappa shape index (κ1) is 27.5. The van der Waals surface area contributed by atoms with Gasteiger partial charge in [-0.15, -0.1) is 24.8 Å². The predicted octanol–water partition coefficient (Wildman–Crippen LogP) is 5.56. The summed E-state index contributed by atoms with van der Waals surface area (Å²) in [6.07, 6.45) is 2.34. The van der Waals surface area contributed by atoms with Crippen molar-refractivity contribution in [1.29, 1.82) is 0 Å². The van der Waals surface area contributed by atoms with Crippen molar-refractivity contribution in [3.8, 4) is 16.9 Å². The number of nitrogens with two attached hydrogens (primary N) is 1. The first-order valence-corrected chi connectivity index (χ1v) is 12.2. The molecule has 5 rings (SSSR count). The molecule has 1 aliphatic heterocycles. The minimum Gasteiger partial charge on any atom is -0.488 e. The first-order chi connectivity index (χ1) is 16.2. The number of ether oxygens (including phenoxy) is 1. The molecule has 1 saturated heterocycles. The Balaban J connectivity index is 0.00000171. The lowest BCUT2D eigenvalue weighted by Gasteiger charge is -2.16. The zero-order chi connectivity index (χ0) is 22.6. The average Bonchev–Trinajstić information content (AvgIpc) is 3.50. The van der Waals surface area contributed by atoms with Gasteiger partial charge in [0.15, 0.2) is 0 Å². The molecule has 35 heavy (non-hydrogen) atoms. The fourth-order valence-corrected chi connectivity index (χ4v) is 4.86. The SMILES string of the molecule is Cc1ccc(-c2cc(C3C[C@@H]3NCCN3CC[C@@H](N)C3)ccc2OCc2ccccc2)cc1.Cl.Cl. The van der Waals surface area contributed by atoms with Gasteiger partial charge in [-0.3, -0.25) is 0 Å². The van der Waals surface area contributed by atoms with Crippen LogP contribution in [0.25, 0.3) is 11.1 Å². The second kappa shape index (κ2) is 12.8. The Bertz CT molecular complexity index is 1060. The van der Waals surface area contributed by atoms with Gasteiger partial charge in [0.25, 0.3) is 0 Å². The van der Waals surface area contributed by atoms with Gasteiger partial charge in [-0.1, -0.05) is 66.2 Å². The number of nitrogens with zero attached hydrogens (tertiary/aromatic N) is 1. The molecular weight excluding hydrogens is 477 g/mol. The summed E-state index contributed by atoms with van der Waals surface area (Å²) in [6.45, 7) is 7.02. The molecule has 1 aliphatic carbocycles. The monoisotopic (exact) mass is 513 g/mol. The minimum absolute atomic E-state index is 0. The zero-order valence-corrected chi connectivity index (χ0v) is 22.0. The van der Waals surface area contributed by atoms with E-state index in [4.69, 9.17) is 10.5 Å². The van der Waals surface area contributed by atoms with Crippen LogP contribution in [0.2, 0.25) is 0 Å². The standard InChI is InChI=1S/C29H35N3O.2ClH/c1-21-7-9-23(10-8-21)27-17-24(11-12-29(27)33-20-22-5-3-2-4-6-22)26-18-28(26)31-14-16-32-15-13-25(30)19-32;;/h2-12,17,25-26,28,31H,13-16,18-20,30H2,1H3;2*1H/t25-,26?,28+;;/m1../s1. The molecule has 1 saturated carbocycles. The van der Waals surface area contributed by atoms with Gasteiger partial charge in [-0.2, -0.15) is 0 Å². The number of likely N-dealkylation sites (tertiary alicyclic amines) is 1. The Hall–Kier alpha value is -2.08. The van der Waals surface area contributed by atoms with Crippen LogP contribution in [0.5, 0.6) is 5.75 Å². The van der Waals surface area contributed by atoms with Crippen LogP contribution in [0.15, 0.2) is 72.8 Å². The van der Waals surface area contributed by atoms with E-state index >= 15 is 0 Å². The van der Waals surface area contributed by atoms with E-state index in [2.05, 4.69) is 83.9 Å². The Kier molecular flexibility index (Phi) is 10.0. The Morgan fingerprint density at radius 1 is 1.00 bits per heavy atom. The Morgan fingerprint density at radius 2 is 1.77 bits per heavy atom. The van der Waals surface area contributed by atoms with Gasteiger partial charge in [0, 0.05) is 43.2 Å². The maximum Gasteiger partial charge on any atom is 0.127 e. The molecule has 3 aromatic carbocycles. The van der Waals surface area contributed by atoms with Crippen LogP contribution < -0.4 is 15.8 Å². The van der Waals surface area contributed by atoms with Gasteiger partial charge in [0.2, 0.25) is 0 Å². The molecule has 0 radical (unpaired) electrons. The van der Waals surface area contributed by atoms with Gasteiger partial charge in [0.1, 0.15) is 12.4 Å². The molecule has 3 atom stereocenters. The summed E-state index contributed by atoms with van der Waals surface area (Å²) in [7, 11) is 0. The minimum atomic E-state index is 0. The molecule has 3 N–H and O–H groups in total. The second-order valence-corrected chi connectivity index (χ2v) is 9.65. The van der Waals surface area contributed by atoms with E-state index in [1.165, 1.54) is 34.2 Å². The summed E-state index contributed by atoms with van der Waals surface area (Å²) in [6, 6.07) is 26.8. The number of aryl methyl sites for hydroxylation is 1. The third-order valence-corrected chi connectivity index (χ3v) is 6.97. The third-order valence-electron chi connectivity index (χ3n) is 6.97. The number of hydrogen-bond donors (Lipinski definition) is 2. The van der Waals surface area contributed by atoms with Crippen molar-refractivity contribution in [2.24, 2.45) is 5.73 Å². The van der Waals surface area contributed by atoms with Gasteiger partial charge in [-0.05, 0) is 55.1 Å². The Morgan fingerprint density at radius 3 is 2.49 bits per heavy atom. The highest BCUT2D eigenvalue weighted by molar-refractivity contribution is 5.85. The number of nitrogens with one attached hydrogen (secondary N) is 1. The maximum absolute atomic E-state index is 6.29. The molecule has 1 heterocycles. The summed E-state index contributed by atoms with van der Waals surface area (Å²) in [5.41, 5.74) is 12.3. The van der Waals surface area contributed by atoms with E-state index in [0.29, 0.717) is 24.6 Å². The van der Waals surface area contributed by atoms with Crippen LogP contribution in [0.1, 0.15) is 35.4 Å². The zero-order valence-electron chi connectivity index (χ0n) is 20.4. The highest BCUT2D eigenvalue weighted by atomic mass is 35.5. The molecule has 2 fully saturated rings. The number of benzene rings is 3. The quantitative estimate of drug-likeness (QED) is 0.393. The van der Waals surface area contributed by atoms with Crippen molar-refractivity contribution in [3.05, 3.63) is 89.5 Å². The lowest BCUT2D eigenvalue weighted by Crippen LogP contribution is -2.33. The third kappa shape index (κ3) is 7.22. The number of rotatable bonds is 9. The maximum atomic E-state index is 6.29. The number of hydrogen-bond acceptors (Lipinski definition) is 4. The predicted molar refractivity (Wildman–Crippen MR) is 150 cm³/mol. The van der Waals surface area contributed by atoms with Crippen molar-refractivity contribution in [1.82, 2.24) is 10.2 Å². The van der Waals surface area contributed by atoms with E-state index in [0.717, 1.165) is 38.3 Å². The summed E-state index contributed by atoms with van der Waals surface area (Å²) < 4.78 is 6.29. The van der Waals surface area contributed by atoms with Crippen LogP contribution in [0.3, 0.4) is 0 Å². The Labute approximate surface area is 222 Å². The fraction of sp³-hybridized carbons (Fsp3) is 0.379. The van der Waals surface area contributed by atoms with Crippen molar-refractivity contribution in [3.63, 3.8) is 0 Å². The molecule has 0 spiro atoms. The summed E-state index contributed by atoms with van der Waals surface area (Å²) >= 11 is 0. The van der Waals surface area contributed by atoms with Crippen LogP contribution in [0.4, 0.5) is 0 Å². The van der Waals surface area contributed by atoms with Crippen molar-refractivity contribution in [2.45, 2.75) is 44.4 Å². The van der Waals surface area contributed by atoms with Crippen LogP contribution in [0, 0.1) is 6.92 Å². The molecule has 0 bridgehead atoms. The fourth-order valence-electron chi connectivity index (χ4n) is 4.86. The second-order valence-electron chi connectivity index (χ2n) is 9.65. The summed E-state index contributed by atoms with van der Waals surface area (Å²) in [4.78, 5) is 2.48. The highest BCUT2D eigenvalue weighted by Crippen LogP contribution is 2.43. The van der Waals surface area contributed by atoms with Gasteiger partial charge in [0.05, 0.1) is 0 Å². The molecule has 2 aliphatic rings. The molecule has 0 aromatic heterocycles. The molecule has 3 aromatic rings. The van der Waals surface area contributed by atoms with Gasteiger partial charge in [-0.25, -0.2) is 0 Å². The lowest BCUT2D eigenvalue weighted by molar-refractivity contribution is 0.307. The molecular formula is C29H37Cl2N3O. The van der Waals surface area contributed by atoms with E-state index in [-0.39, 0.29) is 24.8 Å². The first-order valence-electron chi connectivity index (χ1n) is 12.2. The summed E-state index contributed by atoms with van der Waals surface area (Å²) in [5.74, 6) is 1.53. The highest BCUT2D eigenvalue weighted by Gasteiger charge is 2.38. The number of halogens is 2. The average molecular weight is 515 g/mol. The normalized spacial score (nSPS) is 21.1. The van der Waals surface area contributed by atoms with Crippen molar-refractivity contribution >= 4 is 24.8 Å². The molecule has 4 nitrogen and oxygen atoms in total. The van der Waals surface area contributed by atoms with Crippen LogP contribution in [-0.2, 0) is 6.61 Å². The molecule has 0 amide bonds. The smallest absolute Gasteiger partial charge is 0.127 e. The van der Waals surface area contributed by atoms with Crippen molar-refractivity contribution < 1.29 is 4.74 Å². The van der Waals surface area contributed by atoms with Crippen LogP contribution in [-0.4, -0.2) is 43.2 Å². The van der Waals surface area contributed by atoms with Gasteiger partial charge < -0.3 is 20.7 Å². The molecule has 188 valence electrons. The van der Waals surface area contributed by atoms with Gasteiger partial charge >= 0.3 is 0 Å². The lowest BCUT2D eigenvalue weighted by atomic mass is 9.99. The van der Waals surface area contributed by atoms with E-state index in [1.54, 1.807) is 0 Å². The topological polar surface area (TPSA) is 50.5 Å². The van der Waals surface area contributed by atoms with Crippen molar-refractivity contribution in [2.75, 3.05) is 26.2 Å². The van der Waals surface area contributed by atoms with E-state index in [1.807, 2.05) is 6.07 Å². The van der Waals surface area contributed by atoms with Crippen LogP contribution >= 0.6 is 24.8 Å². The largest absolute Gasteiger partial charge is 0.488 e.